The van der Waals surface area contributed by atoms with Crippen LogP contribution in [-0.4, -0.2) is 90.4 Å². The average molecular weight is 754 g/mol. The molecular weight excluding hydrogens is 715 g/mol. The topological polar surface area (TPSA) is 157 Å². The smallest absolute Gasteiger partial charge is 0.348 e. The summed E-state index contributed by atoms with van der Waals surface area (Å²) in [6.45, 7) is 4.67. The van der Waals surface area contributed by atoms with Crippen LogP contribution in [0.3, 0.4) is 0 Å². The number of hydrogen-bond acceptors (Lipinski definition) is 14. The molecule has 2 unspecified atom stereocenters. The number of nitriles is 1. The second kappa shape index (κ2) is 13.9. The van der Waals surface area contributed by atoms with Crippen molar-refractivity contribution < 1.29 is 47.9 Å². The Kier molecular flexibility index (Phi) is 9.20. The fraction of sp³-hybridized carbons (Fsp3) is 0.400. The number of methoxy groups -OCH3 is 1. The monoisotopic (exact) mass is 753 g/mol. The van der Waals surface area contributed by atoms with E-state index in [1.54, 1.807) is 13.0 Å². The van der Waals surface area contributed by atoms with Crippen LogP contribution in [0.15, 0.2) is 42.5 Å². The third-order valence-corrected chi connectivity index (χ3v) is 12.5. The highest BCUT2D eigenvalue weighted by atomic mass is 32.2. The van der Waals surface area contributed by atoms with E-state index in [0.29, 0.717) is 45.9 Å². The van der Waals surface area contributed by atoms with E-state index < -0.39 is 53.4 Å². The number of carbonyl (C=O) groups excluding carboxylic acids is 3. The Morgan fingerprint density at radius 2 is 1.83 bits per heavy atom. The third-order valence-electron chi connectivity index (χ3n) is 11.1. The first-order valence-corrected chi connectivity index (χ1v) is 18.7. The van der Waals surface area contributed by atoms with Gasteiger partial charge in [0.05, 0.1) is 30.5 Å². The number of ether oxygens (including phenoxy) is 6. The van der Waals surface area contributed by atoms with Crippen molar-refractivity contribution in [3.63, 3.8) is 0 Å². The molecule has 6 aliphatic rings. The first-order valence-electron chi connectivity index (χ1n) is 17.7. The molecule has 0 spiro atoms. The second-order valence-electron chi connectivity index (χ2n) is 14.1. The molecule has 6 aliphatic heterocycles. The molecule has 13 nitrogen and oxygen atoms in total. The minimum absolute atomic E-state index is 0.0156. The fourth-order valence-corrected chi connectivity index (χ4v) is 10.4. The molecule has 1 N–H and O–H groups in total. The predicted octanol–water partition coefficient (Wildman–Crippen LogP) is 4.86. The van der Waals surface area contributed by atoms with Crippen molar-refractivity contribution in [2.75, 3.05) is 33.3 Å². The third kappa shape index (κ3) is 5.64. The Labute approximate surface area is 316 Å². The van der Waals surface area contributed by atoms with E-state index in [0.717, 1.165) is 16.7 Å². The molecule has 3 aromatic carbocycles. The van der Waals surface area contributed by atoms with Crippen LogP contribution in [0, 0.1) is 25.2 Å². The zero-order chi connectivity index (χ0) is 38.0. The minimum atomic E-state index is -1.29. The largest absolute Gasteiger partial charge is 0.504 e. The van der Waals surface area contributed by atoms with Gasteiger partial charge in [0, 0.05) is 53.1 Å². The standard InChI is InChI=1S/C40H39N3O10S/c1-19-13-23-14-24-25(15-41)43-26-16-49-40(47)27(53-28(45)12-11-22-9-7-6-8-10-22)17-54-39(33(43)32(42(24)4)29(23)34(46)35(19)48-5)31-30(26)38-37(50-18-51-38)20(2)36(31)52-21(3)44/h6-13,24-27,32-33,39,46H,14,16-18H2,1-5H3/b12-11+/t24-,25-,26-,27?,32+,33?,39+/m0/s1. The number of fused-ring (bicyclic) bond motifs is 10. The molecule has 0 radical (unpaired) electrons. The SMILES string of the molecule is COc1c(C)cc2c(c1O)[C@@H]1C3[C@@H]4SCC(OC(=O)/C=C/c5ccccc5)C(=O)OC[C@@H](c5c6c(c(C)c(OC(C)=O)c54)OCO6)N3[C@@H](C#N)[C@H](C2)N1C. The van der Waals surface area contributed by atoms with E-state index in [1.165, 1.54) is 31.9 Å². The van der Waals surface area contributed by atoms with Gasteiger partial charge in [0.25, 0.3) is 0 Å². The van der Waals surface area contributed by atoms with Crippen molar-refractivity contribution in [1.29, 1.82) is 5.26 Å². The minimum Gasteiger partial charge on any atom is -0.504 e. The van der Waals surface area contributed by atoms with E-state index in [-0.39, 0.29) is 36.7 Å². The van der Waals surface area contributed by atoms with E-state index in [1.807, 2.05) is 50.4 Å². The van der Waals surface area contributed by atoms with Crippen molar-refractivity contribution in [2.45, 2.75) is 68.8 Å². The quantitative estimate of drug-likeness (QED) is 0.214. The van der Waals surface area contributed by atoms with Gasteiger partial charge in [0.2, 0.25) is 12.9 Å². The Hall–Kier alpha value is -5.23. The van der Waals surface area contributed by atoms with Crippen LogP contribution in [0.25, 0.3) is 6.08 Å². The van der Waals surface area contributed by atoms with Gasteiger partial charge >= 0.3 is 17.9 Å². The Morgan fingerprint density at radius 3 is 2.56 bits per heavy atom. The lowest BCUT2D eigenvalue weighted by molar-refractivity contribution is -0.167. The number of likely N-dealkylation sites (N-methyl/N-ethyl adjacent to an activating group) is 1. The van der Waals surface area contributed by atoms with Gasteiger partial charge in [-0.25, -0.2) is 9.59 Å². The number of thioether (sulfide) groups is 1. The molecular formula is C40H39N3O10S. The molecule has 7 atom stereocenters. The van der Waals surface area contributed by atoms with Gasteiger partial charge in [-0.3, -0.25) is 14.6 Å². The summed E-state index contributed by atoms with van der Waals surface area (Å²) in [4.78, 5) is 43.9. The van der Waals surface area contributed by atoms with E-state index in [2.05, 4.69) is 15.9 Å². The summed E-state index contributed by atoms with van der Waals surface area (Å²) in [5.74, 6) is -0.542. The number of hydrogen-bond donors (Lipinski definition) is 1. The molecule has 0 aromatic heterocycles. The van der Waals surface area contributed by atoms with Gasteiger partial charge in [-0.2, -0.15) is 5.26 Å². The number of rotatable bonds is 5. The van der Waals surface area contributed by atoms with Crippen molar-refractivity contribution in [3.8, 4) is 34.8 Å². The van der Waals surface area contributed by atoms with Crippen LogP contribution in [0.1, 0.15) is 63.2 Å². The van der Waals surface area contributed by atoms with Crippen LogP contribution < -0.4 is 18.9 Å². The normalized spacial score (nSPS) is 26.9. The average Bonchev–Trinajstić information content (AvgIpc) is 3.64. The lowest BCUT2D eigenvalue weighted by Gasteiger charge is -2.61. The van der Waals surface area contributed by atoms with Gasteiger partial charge in [0.1, 0.15) is 18.4 Å². The van der Waals surface area contributed by atoms with Gasteiger partial charge in [-0.05, 0) is 50.1 Å². The van der Waals surface area contributed by atoms with Crippen molar-refractivity contribution >= 4 is 35.7 Å². The molecule has 0 amide bonds. The molecule has 9 rings (SSSR count). The van der Waals surface area contributed by atoms with Crippen LogP contribution in [0.4, 0.5) is 0 Å². The van der Waals surface area contributed by atoms with E-state index >= 15 is 0 Å². The number of phenols is 1. The number of aryl methyl sites for hydroxylation is 1. The van der Waals surface area contributed by atoms with Gasteiger partial charge in [0.15, 0.2) is 23.0 Å². The van der Waals surface area contributed by atoms with Crippen LogP contribution in [0.2, 0.25) is 0 Å². The number of phenolic OH excluding ortho intramolecular Hbond substituents is 1. The Bertz CT molecular complexity index is 2130. The highest BCUT2D eigenvalue weighted by Gasteiger charge is 2.60. The van der Waals surface area contributed by atoms with Gasteiger partial charge in [-0.15, -0.1) is 11.8 Å². The molecule has 280 valence electrons. The highest BCUT2D eigenvalue weighted by molar-refractivity contribution is 7.99. The number of carbonyl (C=O) groups is 3. The van der Waals surface area contributed by atoms with Crippen molar-refractivity contribution in [3.05, 3.63) is 81.4 Å². The van der Waals surface area contributed by atoms with E-state index in [4.69, 9.17) is 28.4 Å². The lowest BCUT2D eigenvalue weighted by atomic mass is 9.71. The summed E-state index contributed by atoms with van der Waals surface area (Å²) in [6.07, 6.45) is 2.05. The predicted molar refractivity (Wildman–Crippen MR) is 195 cm³/mol. The van der Waals surface area contributed by atoms with Crippen LogP contribution in [-0.2, 0) is 30.3 Å². The summed E-state index contributed by atoms with van der Waals surface area (Å²) < 4.78 is 35.6. The number of benzene rings is 3. The number of esters is 3. The molecule has 2 saturated heterocycles. The maximum absolute atomic E-state index is 13.8. The molecule has 4 bridgehead atoms. The molecule has 3 aromatic rings. The lowest BCUT2D eigenvalue weighted by Crippen LogP contribution is -2.69. The van der Waals surface area contributed by atoms with Crippen molar-refractivity contribution in [1.82, 2.24) is 9.80 Å². The van der Waals surface area contributed by atoms with Gasteiger partial charge in [-0.1, -0.05) is 36.4 Å². The highest BCUT2D eigenvalue weighted by Crippen LogP contribution is 2.64. The number of piperazine rings is 1. The zero-order valence-electron chi connectivity index (χ0n) is 30.4. The fourth-order valence-electron chi connectivity index (χ4n) is 8.94. The molecule has 2 fully saturated rings. The molecule has 54 heavy (non-hydrogen) atoms. The summed E-state index contributed by atoms with van der Waals surface area (Å²) in [6, 6.07) is 10.9. The van der Waals surface area contributed by atoms with Crippen molar-refractivity contribution in [2.24, 2.45) is 0 Å². The number of aromatic hydroxyl groups is 1. The van der Waals surface area contributed by atoms with Gasteiger partial charge < -0.3 is 33.5 Å². The van der Waals surface area contributed by atoms with Crippen LogP contribution in [0.5, 0.6) is 28.7 Å². The van der Waals surface area contributed by atoms with E-state index in [9.17, 15) is 24.8 Å². The van der Waals surface area contributed by atoms with Crippen LogP contribution >= 0.6 is 11.8 Å². The molecule has 6 heterocycles. The Morgan fingerprint density at radius 1 is 1.07 bits per heavy atom. The summed E-state index contributed by atoms with van der Waals surface area (Å²) in [5.41, 5.74) is 4.92. The summed E-state index contributed by atoms with van der Waals surface area (Å²) in [5, 5.41) is 22.3. The first-order chi connectivity index (χ1) is 26.0. The zero-order valence-corrected chi connectivity index (χ0v) is 31.2. The summed E-state index contributed by atoms with van der Waals surface area (Å²) in [7, 11) is 3.47. The first kappa shape index (κ1) is 35.8. The molecule has 0 aliphatic carbocycles. The second-order valence-corrected chi connectivity index (χ2v) is 15.2. The maximum Gasteiger partial charge on any atom is 0.348 e. The summed E-state index contributed by atoms with van der Waals surface area (Å²) >= 11 is 1.32. The molecule has 0 saturated carbocycles. The molecule has 14 heteroatoms. The number of nitrogens with zero attached hydrogens (tertiary/aromatic N) is 3. The Balaban J connectivity index is 1.32. The maximum atomic E-state index is 13.8.